The highest BCUT2D eigenvalue weighted by Gasteiger charge is 2.26. The van der Waals surface area contributed by atoms with Crippen LogP contribution in [0.15, 0.2) is 24.3 Å². The number of rotatable bonds is 4. The van der Waals surface area contributed by atoms with E-state index in [1.165, 1.54) is 11.1 Å². The summed E-state index contributed by atoms with van der Waals surface area (Å²) in [5.74, 6) is 3.54. The lowest BCUT2D eigenvalue weighted by atomic mass is 9.81. The summed E-state index contributed by atoms with van der Waals surface area (Å²) in [5.41, 5.74) is 3.00. The first-order chi connectivity index (χ1) is 8.74. The average Bonchev–Trinajstić information content (AvgIpc) is 2.39. The molecule has 3 unspecified atom stereocenters. The van der Waals surface area contributed by atoms with Gasteiger partial charge in [0.25, 0.3) is 0 Å². The van der Waals surface area contributed by atoms with E-state index >= 15 is 0 Å². The predicted molar refractivity (Wildman–Crippen MR) is 77.5 cm³/mol. The first-order valence-corrected chi connectivity index (χ1v) is 7.03. The van der Waals surface area contributed by atoms with Crippen molar-refractivity contribution < 1.29 is 0 Å². The van der Waals surface area contributed by atoms with Gasteiger partial charge in [-0.1, -0.05) is 50.5 Å². The minimum absolute atomic E-state index is 0.229. The van der Waals surface area contributed by atoms with Gasteiger partial charge in [0, 0.05) is 6.04 Å². The second kappa shape index (κ2) is 6.07. The zero-order valence-electron chi connectivity index (χ0n) is 11.4. The van der Waals surface area contributed by atoms with E-state index in [1.807, 2.05) is 0 Å². The molecule has 0 fully saturated rings. The van der Waals surface area contributed by atoms with Gasteiger partial charge in [0.15, 0.2) is 0 Å². The molecule has 3 atom stereocenters. The molecule has 0 saturated carbocycles. The number of hydrogen-bond donors (Lipinski definition) is 1. The van der Waals surface area contributed by atoms with Crippen LogP contribution in [-0.2, 0) is 12.8 Å². The fraction of sp³-hybridized carbons (Fsp3) is 0.529. The number of nitrogens with one attached hydrogen (secondary N) is 1. The third kappa shape index (κ3) is 2.94. The minimum atomic E-state index is 0.229. The Balaban J connectivity index is 2.05. The average molecular weight is 241 g/mol. The summed E-state index contributed by atoms with van der Waals surface area (Å²) in [5, 5.41) is 3.66. The van der Waals surface area contributed by atoms with Crippen LogP contribution in [0.3, 0.4) is 0 Å². The highest BCUT2D eigenvalue weighted by Crippen LogP contribution is 2.25. The lowest BCUT2D eigenvalue weighted by Gasteiger charge is -2.33. The van der Waals surface area contributed by atoms with E-state index in [4.69, 9.17) is 6.42 Å². The second-order valence-electron chi connectivity index (χ2n) is 5.44. The van der Waals surface area contributed by atoms with E-state index < -0.39 is 0 Å². The number of benzene rings is 1. The van der Waals surface area contributed by atoms with Crippen molar-refractivity contribution in [2.75, 3.05) is 0 Å². The Labute approximate surface area is 111 Å². The molecule has 0 heterocycles. The molecule has 0 aliphatic heterocycles. The molecule has 1 aromatic rings. The predicted octanol–water partition coefficient (Wildman–Crippen LogP) is 3.18. The van der Waals surface area contributed by atoms with Gasteiger partial charge in [0.1, 0.15) is 0 Å². The third-order valence-corrected chi connectivity index (χ3v) is 3.98. The van der Waals surface area contributed by atoms with E-state index in [0.717, 1.165) is 25.7 Å². The summed E-state index contributed by atoms with van der Waals surface area (Å²) in [7, 11) is 0. The van der Waals surface area contributed by atoms with Gasteiger partial charge in [0.2, 0.25) is 0 Å². The van der Waals surface area contributed by atoms with Crippen LogP contribution in [0, 0.1) is 18.3 Å². The molecule has 0 spiro atoms. The van der Waals surface area contributed by atoms with Crippen molar-refractivity contribution in [3.8, 4) is 12.3 Å². The Morgan fingerprint density at radius 3 is 2.61 bits per heavy atom. The summed E-state index contributed by atoms with van der Waals surface area (Å²) < 4.78 is 0. The van der Waals surface area contributed by atoms with E-state index in [-0.39, 0.29) is 6.04 Å². The monoisotopic (exact) mass is 241 g/mol. The van der Waals surface area contributed by atoms with Crippen molar-refractivity contribution in [1.82, 2.24) is 5.32 Å². The number of fused-ring (bicyclic) bond motifs is 1. The maximum atomic E-state index is 5.60. The van der Waals surface area contributed by atoms with Crippen LogP contribution in [-0.4, -0.2) is 12.1 Å². The van der Waals surface area contributed by atoms with Gasteiger partial charge in [0.05, 0.1) is 6.04 Å². The summed E-state index contributed by atoms with van der Waals surface area (Å²) in [6, 6.07) is 9.53. The molecule has 18 heavy (non-hydrogen) atoms. The Morgan fingerprint density at radius 2 is 2.00 bits per heavy atom. The standard InChI is InChI=1S/C17H23N/c1-4-8-16(5-2)18-17-12-15-10-7-6-9-14(15)11-13(17)3/h2,6-7,9-10,13,16-18H,4,8,11-12H2,1,3H3. The zero-order valence-corrected chi connectivity index (χ0v) is 11.4. The van der Waals surface area contributed by atoms with Crippen molar-refractivity contribution in [1.29, 1.82) is 0 Å². The molecule has 1 heteroatoms. The fourth-order valence-corrected chi connectivity index (χ4v) is 2.87. The van der Waals surface area contributed by atoms with Gasteiger partial charge in [-0.15, -0.1) is 6.42 Å². The zero-order chi connectivity index (χ0) is 13.0. The highest BCUT2D eigenvalue weighted by atomic mass is 15.0. The quantitative estimate of drug-likeness (QED) is 0.798. The highest BCUT2D eigenvalue weighted by molar-refractivity contribution is 5.31. The van der Waals surface area contributed by atoms with Crippen LogP contribution in [0.1, 0.15) is 37.8 Å². The van der Waals surface area contributed by atoms with E-state index in [9.17, 15) is 0 Å². The molecule has 0 bridgehead atoms. The Kier molecular flexibility index (Phi) is 4.44. The van der Waals surface area contributed by atoms with E-state index in [2.05, 4.69) is 49.4 Å². The smallest absolute Gasteiger partial charge is 0.0689 e. The van der Waals surface area contributed by atoms with Gasteiger partial charge >= 0.3 is 0 Å². The topological polar surface area (TPSA) is 12.0 Å². The normalized spacial score (nSPS) is 24.1. The van der Waals surface area contributed by atoms with Crippen molar-refractivity contribution in [2.45, 2.75) is 51.6 Å². The molecule has 0 saturated heterocycles. The van der Waals surface area contributed by atoms with Gasteiger partial charge in [-0.05, 0) is 36.3 Å². The summed E-state index contributed by atoms with van der Waals surface area (Å²) in [6.07, 6.45) is 10.1. The molecule has 2 rings (SSSR count). The van der Waals surface area contributed by atoms with Crippen LogP contribution in [0.5, 0.6) is 0 Å². The molecule has 0 aromatic heterocycles. The SMILES string of the molecule is C#CC(CCC)NC1Cc2ccccc2CC1C. The Bertz CT molecular complexity index is 429. The molecule has 1 nitrogen and oxygen atoms in total. The first-order valence-electron chi connectivity index (χ1n) is 7.03. The first kappa shape index (κ1) is 13.2. The van der Waals surface area contributed by atoms with Crippen LogP contribution < -0.4 is 5.32 Å². The summed E-state index contributed by atoms with van der Waals surface area (Å²) >= 11 is 0. The van der Waals surface area contributed by atoms with Crippen molar-refractivity contribution in [3.63, 3.8) is 0 Å². The molecule has 1 aliphatic carbocycles. The van der Waals surface area contributed by atoms with Gasteiger partial charge < -0.3 is 5.32 Å². The molecule has 0 amide bonds. The van der Waals surface area contributed by atoms with Crippen molar-refractivity contribution in [2.24, 2.45) is 5.92 Å². The summed E-state index contributed by atoms with van der Waals surface area (Å²) in [4.78, 5) is 0. The van der Waals surface area contributed by atoms with E-state index in [0.29, 0.717) is 12.0 Å². The lowest BCUT2D eigenvalue weighted by Crippen LogP contribution is -2.45. The van der Waals surface area contributed by atoms with Gasteiger partial charge in [-0.3, -0.25) is 0 Å². The minimum Gasteiger partial charge on any atom is -0.300 e. The molecule has 1 aromatic carbocycles. The Hall–Kier alpha value is -1.26. The van der Waals surface area contributed by atoms with E-state index in [1.54, 1.807) is 0 Å². The maximum absolute atomic E-state index is 5.60. The fourth-order valence-electron chi connectivity index (χ4n) is 2.87. The molecule has 1 N–H and O–H groups in total. The van der Waals surface area contributed by atoms with Crippen LogP contribution >= 0.6 is 0 Å². The number of hydrogen-bond acceptors (Lipinski definition) is 1. The van der Waals surface area contributed by atoms with Crippen LogP contribution in [0.2, 0.25) is 0 Å². The maximum Gasteiger partial charge on any atom is 0.0689 e. The van der Waals surface area contributed by atoms with Gasteiger partial charge in [-0.2, -0.15) is 0 Å². The largest absolute Gasteiger partial charge is 0.300 e. The molecule has 96 valence electrons. The molecule has 1 aliphatic rings. The number of terminal acetylenes is 1. The summed E-state index contributed by atoms with van der Waals surface area (Å²) in [6.45, 7) is 4.51. The van der Waals surface area contributed by atoms with Gasteiger partial charge in [-0.25, -0.2) is 0 Å². The molecule has 0 radical (unpaired) electrons. The van der Waals surface area contributed by atoms with Crippen molar-refractivity contribution >= 4 is 0 Å². The van der Waals surface area contributed by atoms with Crippen LogP contribution in [0.4, 0.5) is 0 Å². The van der Waals surface area contributed by atoms with Crippen molar-refractivity contribution in [3.05, 3.63) is 35.4 Å². The molecular weight excluding hydrogens is 218 g/mol. The Morgan fingerprint density at radius 1 is 1.33 bits per heavy atom. The van der Waals surface area contributed by atoms with Crippen LogP contribution in [0.25, 0.3) is 0 Å². The molecular formula is C17H23N. The second-order valence-corrected chi connectivity index (χ2v) is 5.44. The third-order valence-electron chi connectivity index (χ3n) is 3.98. The lowest BCUT2D eigenvalue weighted by molar-refractivity contribution is 0.331.